The number of amides is 1. The first-order valence-corrected chi connectivity index (χ1v) is 7.58. The zero-order valence-corrected chi connectivity index (χ0v) is 12.3. The number of fused-ring (bicyclic) bond motifs is 1. The zero-order valence-electron chi connectivity index (χ0n) is 12.3. The van der Waals surface area contributed by atoms with Crippen molar-refractivity contribution in [3.63, 3.8) is 0 Å². The van der Waals surface area contributed by atoms with Crippen LogP contribution in [0.2, 0.25) is 0 Å². The molecule has 3 rings (SSSR count). The highest BCUT2D eigenvalue weighted by Crippen LogP contribution is 2.28. The van der Waals surface area contributed by atoms with Crippen LogP contribution in [0.15, 0.2) is 35.4 Å². The van der Waals surface area contributed by atoms with Gasteiger partial charge in [0.1, 0.15) is 11.2 Å². The van der Waals surface area contributed by atoms with Crippen molar-refractivity contribution in [2.24, 2.45) is 5.92 Å². The summed E-state index contributed by atoms with van der Waals surface area (Å²) in [7, 11) is 0. The lowest BCUT2D eigenvalue weighted by atomic mass is 10.3. The van der Waals surface area contributed by atoms with Crippen LogP contribution in [0.25, 0.3) is 5.65 Å². The zero-order chi connectivity index (χ0) is 15.4. The van der Waals surface area contributed by atoms with E-state index in [0.717, 1.165) is 18.9 Å². The lowest BCUT2D eigenvalue weighted by molar-refractivity contribution is 0.0935. The summed E-state index contributed by atoms with van der Waals surface area (Å²) in [6.07, 6.45) is 6.22. The largest absolute Gasteiger partial charge is 0.381 e. The number of rotatable bonds is 7. The van der Waals surface area contributed by atoms with Gasteiger partial charge in [-0.05, 0) is 37.3 Å². The molecule has 2 aromatic rings. The van der Waals surface area contributed by atoms with E-state index < -0.39 is 5.91 Å². The van der Waals surface area contributed by atoms with Crippen molar-refractivity contribution in [2.45, 2.75) is 19.3 Å². The average Bonchev–Trinajstić information content (AvgIpc) is 3.35. The van der Waals surface area contributed by atoms with E-state index in [9.17, 15) is 9.59 Å². The maximum Gasteiger partial charge on any atom is 0.270 e. The first-order chi connectivity index (χ1) is 10.8. The van der Waals surface area contributed by atoms with E-state index >= 15 is 0 Å². The summed E-state index contributed by atoms with van der Waals surface area (Å²) in [4.78, 5) is 28.4. The van der Waals surface area contributed by atoms with Crippen molar-refractivity contribution in [1.82, 2.24) is 14.7 Å². The van der Waals surface area contributed by atoms with Crippen LogP contribution in [0.1, 0.15) is 29.6 Å². The van der Waals surface area contributed by atoms with Crippen molar-refractivity contribution < 1.29 is 9.53 Å². The molecule has 22 heavy (non-hydrogen) atoms. The van der Waals surface area contributed by atoms with Crippen LogP contribution in [-0.2, 0) is 4.74 Å². The molecule has 6 heteroatoms. The normalized spacial score (nSPS) is 14.2. The van der Waals surface area contributed by atoms with Crippen molar-refractivity contribution in [1.29, 1.82) is 0 Å². The molecule has 0 bridgehead atoms. The predicted octanol–water partition coefficient (Wildman–Crippen LogP) is 1.24. The third-order valence-electron chi connectivity index (χ3n) is 3.66. The van der Waals surface area contributed by atoms with Crippen LogP contribution >= 0.6 is 0 Å². The number of aromatic nitrogens is 2. The summed E-state index contributed by atoms with van der Waals surface area (Å²) >= 11 is 0. The number of nitrogens with one attached hydrogen (secondary N) is 1. The third kappa shape index (κ3) is 3.51. The Balaban J connectivity index is 1.53. The highest BCUT2D eigenvalue weighted by atomic mass is 16.5. The minimum absolute atomic E-state index is 0.0580. The van der Waals surface area contributed by atoms with Crippen LogP contribution in [0.3, 0.4) is 0 Å². The topological polar surface area (TPSA) is 72.7 Å². The minimum atomic E-state index is -0.391. The molecule has 0 saturated heterocycles. The van der Waals surface area contributed by atoms with Crippen molar-refractivity contribution in [3.8, 4) is 0 Å². The van der Waals surface area contributed by atoms with Gasteiger partial charge in [-0.15, -0.1) is 0 Å². The fourth-order valence-corrected chi connectivity index (χ4v) is 2.19. The van der Waals surface area contributed by atoms with E-state index in [0.29, 0.717) is 18.8 Å². The molecule has 116 valence electrons. The number of carbonyl (C=O) groups excluding carboxylic acids is 1. The van der Waals surface area contributed by atoms with Crippen molar-refractivity contribution >= 4 is 11.6 Å². The van der Waals surface area contributed by atoms with Gasteiger partial charge in [-0.2, -0.15) is 0 Å². The molecule has 1 amide bonds. The Labute approximate surface area is 128 Å². The second kappa shape index (κ2) is 6.70. The molecule has 0 aliphatic heterocycles. The lowest BCUT2D eigenvalue weighted by Gasteiger charge is -2.06. The maximum atomic E-state index is 12.2. The SMILES string of the molecule is O=C(NCCCOCC1CC1)c1cnc2ccccn2c1=O. The Morgan fingerprint density at radius 3 is 3.09 bits per heavy atom. The van der Waals surface area contributed by atoms with Gasteiger partial charge in [0.2, 0.25) is 0 Å². The van der Waals surface area contributed by atoms with Crippen molar-refractivity contribution in [3.05, 3.63) is 46.5 Å². The number of pyridine rings is 1. The fourth-order valence-electron chi connectivity index (χ4n) is 2.19. The summed E-state index contributed by atoms with van der Waals surface area (Å²) < 4.78 is 6.87. The van der Waals surface area contributed by atoms with Crippen LogP contribution in [0.5, 0.6) is 0 Å². The quantitative estimate of drug-likeness (QED) is 0.781. The molecule has 1 aliphatic carbocycles. The molecule has 0 unspecified atom stereocenters. The monoisotopic (exact) mass is 301 g/mol. The van der Waals surface area contributed by atoms with Crippen LogP contribution in [0.4, 0.5) is 0 Å². The molecular weight excluding hydrogens is 282 g/mol. The van der Waals surface area contributed by atoms with Gasteiger partial charge in [0, 0.05) is 32.2 Å². The van der Waals surface area contributed by atoms with E-state index in [1.54, 1.807) is 24.4 Å². The van der Waals surface area contributed by atoms with E-state index in [-0.39, 0.29) is 11.1 Å². The van der Waals surface area contributed by atoms with Gasteiger partial charge >= 0.3 is 0 Å². The van der Waals surface area contributed by atoms with Gasteiger partial charge in [-0.25, -0.2) is 4.98 Å². The fraction of sp³-hybridized carbons (Fsp3) is 0.438. The Kier molecular flexibility index (Phi) is 4.48. The molecule has 1 N–H and O–H groups in total. The first kappa shape index (κ1) is 14.7. The van der Waals surface area contributed by atoms with Gasteiger partial charge in [-0.1, -0.05) is 6.07 Å². The molecule has 0 radical (unpaired) electrons. The van der Waals surface area contributed by atoms with E-state index in [1.165, 1.54) is 23.4 Å². The van der Waals surface area contributed by atoms with Gasteiger partial charge in [0.15, 0.2) is 0 Å². The highest BCUT2D eigenvalue weighted by molar-refractivity contribution is 5.93. The van der Waals surface area contributed by atoms with E-state index in [4.69, 9.17) is 4.74 Å². The second-order valence-electron chi connectivity index (χ2n) is 5.53. The second-order valence-corrected chi connectivity index (χ2v) is 5.53. The number of carbonyl (C=O) groups is 1. The molecule has 0 aromatic carbocycles. The molecule has 0 atom stereocenters. The third-order valence-corrected chi connectivity index (χ3v) is 3.66. The van der Waals surface area contributed by atoms with Gasteiger partial charge < -0.3 is 10.1 Å². The van der Waals surface area contributed by atoms with Crippen LogP contribution in [-0.4, -0.2) is 35.1 Å². The number of nitrogens with zero attached hydrogens (tertiary/aromatic N) is 2. The summed E-state index contributed by atoms with van der Waals surface area (Å²) in [5.74, 6) is 0.358. The van der Waals surface area contributed by atoms with Crippen LogP contribution < -0.4 is 10.9 Å². The Hall–Kier alpha value is -2.21. The molecule has 2 heterocycles. The lowest BCUT2D eigenvalue weighted by Crippen LogP contribution is -2.32. The molecule has 1 fully saturated rings. The average molecular weight is 301 g/mol. The van der Waals surface area contributed by atoms with Gasteiger partial charge in [0.25, 0.3) is 11.5 Å². The predicted molar refractivity (Wildman–Crippen MR) is 82.0 cm³/mol. The maximum absolute atomic E-state index is 12.2. The van der Waals surface area contributed by atoms with Crippen LogP contribution in [0, 0.1) is 5.92 Å². The standard InChI is InChI=1S/C16H19N3O3/c20-15(17-7-3-9-22-11-12-5-6-12)13-10-18-14-4-1-2-8-19(14)16(13)21/h1-2,4,8,10,12H,3,5-7,9,11H2,(H,17,20). The van der Waals surface area contributed by atoms with E-state index in [1.807, 2.05) is 0 Å². The molecule has 0 spiro atoms. The minimum Gasteiger partial charge on any atom is -0.381 e. The van der Waals surface area contributed by atoms with Crippen molar-refractivity contribution in [2.75, 3.05) is 19.8 Å². The summed E-state index contributed by atoms with van der Waals surface area (Å²) in [5.41, 5.74) is 0.230. The molecule has 2 aromatic heterocycles. The molecular formula is C16H19N3O3. The number of hydrogen-bond acceptors (Lipinski definition) is 4. The smallest absolute Gasteiger partial charge is 0.270 e. The Bertz CT molecular complexity index is 722. The Morgan fingerprint density at radius 2 is 2.27 bits per heavy atom. The van der Waals surface area contributed by atoms with Gasteiger partial charge in [0.05, 0.1) is 0 Å². The Morgan fingerprint density at radius 1 is 1.41 bits per heavy atom. The number of hydrogen-bond donors (Lipinski definition) is 1. The molecule has 6 nitrogen and oxygen atoms in total. The van der Waals surface area contributed by atoms with E-state index in [2.05, 4.69) is 10.3 Å². The highest BCUT2D eigenvalue weighted by Gasteiger charge is 2.20. The van der Waals surface area contributed by atoms with Gasteiger partial charge in [-0.3, -0.25) is 14.0 Å². The summed E-state index contributed by atoms with van der Waals surface area (Å²) in [6, 6.07) is 5.25. The number of ether oxygens (including phenoxy) is 1. The molecule has 1 saturated carbocycles. The first-order valence-electron chi connectivity index (χ1n) is 7.58. The summed E-state index contributed by atoms with van der Waals surface area (Å²) in [6.45, 7) is 1.94. The molecule has 1 aliphatic rings. The summed E-state index contributed by atoms with van der Waals surface area (Å²) in [5, 5.41) is 2.74.